The van der Waals surface area contributed by atoms with Gasteiger partial charge in [-0.05, 0) is 23.6 Å². The molecule has 8 bridgehead atoms. The molecule has 2 N–H and O–H groups in total. The lowest BCUT2D eigenvalue weighted by Gasteiger charge is -2.07. The first kappa shape index (κ1) is 29.6. The van der Waals surface area contributed by atoms with Gasteiger partial charge in [-0.1, -0.05) is 158 Å². The van der Waals surface area contributed by atoms with Crippen LogP contribution in [-0.4, -0.2) is 24.9 Å². The molecule has 9 aromatic rings. The number of nitrogens with one attached hydrogen (secondary N) is 2. The first-order valence-electron chi connectivity index (χ1n) is 18.0. The number of fused-ring (bicyclic) bond motifs is 20. The van der Waals surface area contributed by atoms with Crippen molar-refractivity contribution in [3.8, 4) is 67.4 Å². The Morgan fingerprint density at radius 1 is 0.358 bits per heavy atom. The maximum Gasteiger partial charge on any atom is 0.162 e. The predicted molar refractivity (Wildman–Crippen MR) is 218 cm³/mol. The summed E-state index contributed by atoms with van der Waals surface area (Å²) in [6.07, 6.45) is 0. The fourth-order valence-corrected chi connectivity index (χ4v) is 8.34. The molecule has 11 rings (SSSR count). The summed E-state index contributed by atoms with van der Waals surface area (Å²) in [6.45, 7) is 2.20. The fraction of sp³-hybridized carbons (Fsp3) is 0.0208. The molecule has 6 aromatic carbocycles. The van der Waals surface area contributed by atoms with Crippen LogP contribution in [0.1, 0.15) is 5.56 Å². The van der Waals surface area contributed by atoms with Gasteiger partial charge in [0.2, 0.25) is 0 Å². The summed E-state index contributed by atoms with van der Waals surface area (Å²) in [7, 11) is 0. The van der Waals surface area contributed by atoms with E-state index in [0.717, 1.165) is 111 Å². The van der Waals surface area contributed by atoms with Gasteiger partial charge in [-0.25, -0.2) is 15.0 Å². The van der Waals surface area contributed by atoms with Crippen LogP contribution in [0.15, 0.2) is 158 Å². The quantitative estimate of drug-likeness (QED) is 0.191. The third-order valence-corrected chi connectivity index (χ3v) is 10.8. The van der Waals surface area contributed by atoms with E-state index in [1.807, 2.05) is 0 Å². The van der Waals surface area contributed by atoms with Crippen LogP contribution in [0.3, 0.4) is 0 Å². The first-order valence-corrected chi connectivity index (χ1v) is 18.0. The van der Waals surface area contributed by atoms with Gasteiger partial charge in [0.05, 0.1) is 33.6 Å². The smallest absolute Gasteiger partial charge is 0.162 e. The highest BCUT2D eigenvalue weighted by molar-refractivity contribution is 6.16. The van der Waals surface area contributed by atoms with Crippen molar-refractivity contribution in [1.82, 2.24) is 24.9 Å². The molecule has 3 aromatic heterocycles. The number of rotatable bonds is 2. The van der Waals surface area contributed by atoms with Crippen LogP contribution < -0.4 is 0 Å². The summed E-state index contributed by atoms with van der Waals surface area (Å²) in [5.41, 5.74) is 16.1. The Bertz CT molecular complexity index is 3080. The van der Waals surface area contributed by atoms with Crippen molar-refractivity contribution in [1.29, 1.82) is 0 Å². The highest BCUT2D eigenvalue weighted by Gasteiger charge is 2.26. The maximum absolute atomic E-state index is 5.61. The molecule has 0 spiro atoms. The lowest BCUT2D eigenvalue weighted by Crippen LogP contribution is -1.86. The second-order valence-corrected chi connectivity index (χ2v) is 13.7. The number of hydrogen-bond acceptors (Lipinski definition) is 3. The summed E-state index contributed by atoms with van der Waals surface area (Å²) in [5, 5.41) is 4.37. The molecular formula is C48H31N5. The number of aromatic amines is 2. The van der Waals surface area contributed by atoms with Crippen molar-refractivity contribution in [2.75, 3.05) is 0 Å². The third kappa shape index (κ3) is 4.41. The molecule has 0 radical (unpaired) electrons. The number of aryl methyl sites for hydroxylation is 1. The monoisotopic (exact) mass is 677 g/mol. The van der Waals surface area contributed by atoms with Gasteiger partial charge in [0.25, 0.3) is 0 Å². The van der Waals surface area contributed by atoms with E-state index in [-0.39, 0.29) is 0 Å². The van der Waals surface area contributed by atoms with Crippen molar-refractivity contribution < 1.29 is 0 Å². The van der Waals surface area contributed by atoms with Gasteiger partial charge in [-0.3, -0.25) is 0 Å². The normalized spacial score (nSPS) is 11.9. The topological polar surface area (TPSA) is 70.2 Å². The zero-order valence-electron chi connectivity index (χ0n) is 28.9. The minimum Gasteiger partial charge on any atom is -0.354 e. The molecule has 0 unspecified atom stereocenters. The average molecular weight is 678 g/mol. The lowest BCUT2D eigenvalue weighted by molar-refractivity contribution is 1.27. The number of aromatic nitrogens is 5. The Morgan fingerprint density at radius 3 is 1.42 bits per heavy atom. The summed E-state index contributed by atoms with van der Waals surface area (Å²) < 4.78 is 0. The van der Waals surface area contributed by atoms with Crippen molar-refractivity contribution in [2.45, 2.75) is 6.92 Å². The van der Waals surface area contributed by atoms with Gasteiger partial charge in [-0.15, -0.1) is 0 Å². The van der Waals surface area contributed by atoms with E-state index in [9.17, 15) is 0 Å². The largest absolute Gasteiger partial charge is 0.354 e. The average Bonchev–Trinajstić information content (AvgIpc) is 3.98. The van der Waals surface area contributed by atoms with Crippen molar-refractivity contribution in [3.05, 3.63) is 163 Å². The standard InChI is InChI=1S/C48H31N5/c1-28-41-31-20-8-10-22-33(31)43(49-41)39(29-16-4-2-5-17-29)45-35-24-12-14-26-37(35)47(51-45)53-48-38-27-15-13-25-36(38)46(52-48)40(30-18-6-3-7-19-30)44-34-23-11-9-21-32(34)42(28)50-44/h2-27,49H,1H3,(H,51,52,53). The molecule has 0 fully saturated rings. The Morgan fingerprint density at radius 2 is 0.792 bits per heavy atom. The minimum absolute atomic E-state index is 0.675. The summed E-state index contributed by atoms with van der Waals surface area (Å²) >= 11 is 0. The molecule has 5 heterocycles. The van der Waals surface area contributed by atoms with E-state index < -0.39 is 0 Å². The van der Waals surface area contributed by atoms with Crippen molar-refractivity contribution in [2.24, 2.45) is 0 Å². The summed E-state index contributed by atoms with van der Waals surface area (Å²) in [6, 6.07) is 55.4. The van der Waals surface area contributed by atoms with Crippen molar-refractivity contribution >= 4 is 43.7 Å². The van der Waals surface area contributed by atoms with Crippen LogP contribution in [0.2, 0.25) is 0 Å². The van der Waals surface area contributed by atoms with E-state index in [1.165, 1.54) is 0 Å². The van der Waals surface area contributed by atoms with Crippen LogP contribution in [0.4, 0.5) is 0 Å². The Kier molecular flexibility index (Phi) is 6.40. The Labute approximate surface area is 305 Å². The Hall–Kier alpha value is -7.11. The van der Waals surface area contributed by atoms with Gasteiger partial charge in [-0.2, -0.15) is 0 Å². The maximum atomic E-state index is 5.61. The molecule has 0 saturated heterocycles. The second kappa shape index (κ2) is 11.5. The third-order valence-electron chi connectivity index (χ3n) is 10.8. The molecule has 248 valence electrons. The predicted octanol–water partition coefficient (Wildman–Crippen LogP) is 12.3. The summed E-state index contributed by atoms with van der Waals surface area (Å²) in [4.78, 5) is 24.2. The lowest BCUT2D eigenvalue weighted by atomic mass is 9.96. The number of H-pyrrole nitrogens is 2. The van der Waals surface area contributed by atoms with E-state index in [1.54, 1.807) is 0 Å². The van der Waals surface area contributed by atoms with Gasteiger partial charge in [0.15, 0.2) is 5.82 Å². The van der Waals surface area contributed by atoms with Crippen LogP contribution >= 0.6 is 0 Å². The molecule has 2 aliphatic heterocycles. The molecule has 0 aliphatic carbocycles. The molecular weight excluding hydrogens is 647 g/mol. The first-order chi connectivity index (χ1) is 26.2. The number of benzene rings is 6. The molecule has 5 heteroatoms. The number of hydrogen-bond donors (Lipinski definition) is 2. The molecule has 0 saturated carbocycles. The molecule has 5 nitrogen and oxygen atoms in total. The van der Waals surface area contributed by atoms with Gasteiger partial charge in [0, 0.05) is 54.9 Å². The van der Waals surface area contributed by atoms with Gasteiger partial charge in [0.1, 0.15) is 5.65 Å². The van der Waals surface area contributed by atoms with Crippen LogP contribution in [0.25, 0.3) is 111 Å². The summed E-state index contributed by atoms with van der Waals surface area (Å²) in [5.74, 6) is 0.675. The van der Waals surface area contributed by atoms with Crippen molar-refractivity contribution in [3.63, 3.8) is 0 Å². The van der Waals surface area contributed by atoms with Gasteiger partial charge >= 0.3 is 0 Å². The zero-order valence-corrected chi connectivity index (χ0v) is 28.9. The van der Waals surface area contributed by atoms with Crippen LogP contribution in [-0.2, 0) is 0 Å². The molecule has 53 heavy (non-hydrogen) atoms. The molecule has 2 aliphatic rings. The van der Waals surface area contributed by atoms with Gasteiger partial charge < -0.3 is 9.97 Å². The van der Waals surface area contributed by atoms with Crippen LogP contribution in [0, 0.1) is 6.92 Å². The minimum atomic E-state index is 0.675. The molecule has 0 amide bonds. The highest BCUT2D eigenvalue weighted by atomic mass is 15.0. The van der Waals surface area contributed by atoms with E-state index in [0.29, 0.717) is 5.82 Å². The van der Waals surface area contributed by atoms with E-state index in [2.05, 4.69) is 175 Å². The fourth-order valence-electron chi connectivity index (χ4n) is 8.34. The highest BCUT2D eigenvalue weighted by Crippen LogP contribution is 2.47. The zero-order chi connectivity index (χ0) is 35.0. The second-order valence-electron chi connectivity index (χ2n) is 13.7. The van der Waals surface area contributed by atoms with E-state index >= 15 is 0 Å². The number of nitrogens with zero attached hydrogens (tertiary/aromatic N) is 3. The van der Waals surface area contributed by atoms with Crippen LogP contribution in [0.5, 0.6) is 0 Å². The molecule has 0 atom stereocenters. The van der Waals surface area contributed by atoms with E-state index in [4.69, 9.17) is 15.0 Å². The Balaban J connectivity index is 1.45. The SMILES string of the molecule is Cc1c2nc(c(-c3ccccc3)c3[nH]c(nc4nc(c(-c5ccccc5)c5[nH]c1c1ccccc51)-c1ccccc1-4)c1ccccc31)-c1ccccc1-2.